The third kappa shape index (κ3) is 8.24. The third-order valence-corrected chi connectivity index (χ3v) is 8.50. The molecule has 10 heteroatoms. The summed E-state index contributed by atoms with van der Waals surface area (Å²) in [6.07, 6.45) is 0. The van der Waals surface area contributed by atoms with Gasteiger partial charge in [-0.25, -0.2) is 8.42 Å². The van der Waals surface area contributed by atoms with E-state index in [0.717, 1.165) is 21.0 Å². The Balaban J connectivity index is 2.08. The maximum atomic E-state index is 14.1. The standard InChI is InChI=1S/C31H38ClN3O5S/c1-21-11-14-26(15-12-21)41(38,39)35(25-13-16-28(40-7)27(32)18-25)20-29(36)34(19-24-10-8-9-22(2)17-24)23(3)30(37)33-31(4,5)6/h8-18,23H,19-20H2,1-7H3,(H,33,37)/t23-/m0/s1. The molecule has 0 spiro atoms. The van der Waals surface area contributed by atoms with Gasteiger partial charge in [-0.15, -0.1) is 0 Å². The molecule has 220 valence electrons. The number of hydrogen-bond acceptors (Lipinski definition) is 5. The lowest BCUT2D eigenvalue weighted by Gasteiger charge is -2.33. The third-order valence-electron chi connectivity index (χ3n) is 6.41. The second-order valence-corrected chi connectivity index (χ2v) is 13.3. The summed E-state index contributed by atoms with van der Waals surface area (Å²) in [6, 6.07) is 17.6. The monoisotopic (exact) mass is 599 g/mol. The van der Waals surface area contributed by atoms with Crippen LogP contribution in [0.5, 0.6) is 5.75 Å². The largest absolute Gasteiger partial charge is 0.495 e. The fraction of sp³-hybridized carbons (Fsp3) is 0.355. The van der Waals surface area contributed by atoms with Crippen LogP contribution in [-0.4, -0.2) is 50.4 Å². The lowest BCUT2D eigenvalue weighted by atomic mass is 10.1. The van der Waals surface area contributed by atoms with E-state index in [1.807, 2.05) is 58.9 Å². The Labute approximate surface area is 248 Å². The highest BCUT2D eigenvalue weighted by Crippen LogP contribution is 2.32. The fourth-order valence-corrected chi connectivity index (χ4v) is 5.90. The van der Waals surface area contributed by atoms with Crippen LogP contribution in [0.3, 0.4) is 0 Å². The quantitative estimate of drug-likeness (QED) is 0.332. The van der Waals surface area contributed by atoms with Crippen LogP contribution in [0.4, 0.5) is 5.69 Å². The molecule has 0 bridgehead atoms. The molecule has 0 heterocycles. The summed E-state index contributed by atoms with van der Waals surface area (Å²) in [5.74, 6) is -0.535. The Morgan fingerprint density at radius 2 is 1.63 bits per heavy atom. The molecule has 3 rings (SSSR count). The number of rotatable bonds is 10. The Hall–Kier alpha value is -3.56. The molecule has 0 aliphatic rings. The van der Waals surface area contributed by atoms with Gasteiger partial charge in [-0.1, -0.05) is 59.1 Å². The molecule has 2 amide bonds. The van der Waals surface area contributed by atoms with Crippen LogP contribution in [0.1, 0.15) is 44.4 Å². The molecule has 3 aromatic carbocycles. The van der Waals surface area contributed by atoms with Gasteiger partial charge in [0.1, 0.15) is 18.3 Å². The Morgan fingerprint density at radius 3 is 2.20 bits per heavy atom. The Kier molecular flexibility index (Phi) is 10.1. The molecule has 8 nitrogen and oxygen atoms in total. The first-order valence-electron chi connectivity index (χ1n) is 13.2. The highest BCUT2D eigenvalue weighted by atomic mass is 35.5. The van der Waals surface area contributed by atoms with Gasteiger partial charge < -0.3 is 15.0 Å². The number of halogens is 1. The van der Waals surface area contributed by atoms with Crippen LogP contribution in [0.25, 0.3) is 0 Å². The summed E-state index contributed by atoms with van der Waals surface area (Å²) in [6.45, 7) is 10.6. The number of sulfonamides is 1. The molecule has 41 heavy (non-hydrogen) atoms. The van der Waals surface area contributed by atoms with Gasteiger partial charge in [-0.3, -0.25) is 13.9 Å². The second kappa shape index (κ2) is 13.0. The van der Waals surface area contributed by atoms with Crippen molar-refractivity contribution in [2.24, 2.45) is 0 Å². The minimum atomic E-state index is -4.20. The van der Waals surface area contributed by atoms with Crippen molar-refractivity contribution < 1.29 is 22.7 Å². The topological polar surface area (TPSA) is 96.0 Å². The van der Waals surface area contributed by atoms with Crippen molar-refractivity contribution in [3.8, 4) is 5.75 Å². The second-order valence-electron chi connectivity index (χ2n) is 11.1. The van der Waals surface area contributed by atoms with E-state index in [1.165, 1.54) is 36.3 Å². The van der Waals surface area contributed by atoms with Crippen LogP contribution in [0, 0.1) is 13.8 Å². The molecule has 1 N–H and O–H groups in total. The first-order chi connectivity index (χ1) is 19.1. The van der Waals surface area contributed by atoms with E-state index in [0.29, 0.717) is 5.75 Å². The number of hydrogen-bond donors (Lipinski definition) is 1. The van der Waals surface area contributed by atoms with Gasteiger partial charge in [0.2, 0.25) is 11.8 Å². The van der Waals surface area contributed by atoms with Crippen LogP contribution >= 0.6 is 11.6 Å². The SMILES string of the molecule is COc1ccc(N(CC(=O)N(Cc2cccc(C)c2)[C@@H](C)C(=O)NC(C)(C)C)S(=O)(=O)c2ccc(C)cc2)cc1Cl. The van der Waals surface area contributed by atoms with Gasteiger partial charge in [-0.05, 0) is 77.4 Å². The predicted octanol–water partition coefficient (Wildman–Crippen LogP) is 5.49. The molecule has 0 unspecified atom stereocenters. The normalized spacial score (nSPS) is 12.4. The number of nitrogens with one attached hydrogen (secondary N) is 1. The molecule has 0 aliphatic carbocycles. The highest BCUT2D eigenvalue weighted by Gasteiger charge is 2.33. The molecule has 0 aromatic heterocycles. The highest BCUT2D eigenvalue weighted by molar-refractivity contribution is 7.92. The minimum absolute atomic E-state index is 0.0200. The van der Waals surface area contributed by atoms with Gasteiger partial charge in [0.15, 0.2) is 0 Å². The van der Waals surface area contributed by atoms with Gasteiger partial charge in [0, 0.05) is 12.1 Å². The van der Waals surface area contributed by atoms with Crippen LogP contribution in [-0.2, 0) is 26.2 Å². The lowest BCUT2D eigenvalue weighted by Crippen LogP contribution is -2.54. The zero-order valence-corrected chi connectivity index (χ0v) is 26.1. The van der Waals surface area contributed by atoms with E-state index < -0.39 is 34.1 Å². The van der Waals surface area contributed by atoms with Gasteiger partial charge in [-0.2, -0.15) is 0 Å². The van der Waals surface area contributed by atoms with E-state index >= 15 is 0 Å². The molecule has 0 aliphatic heterocycles. The number of carbonyl (C=O) groups is 2. The van der Waals surface area contributed by atoms with Crippen LogP contribution in [0.15, 0.2) is 71.6 Å². The summed E-state index contributed by atoms with van der Waals surface area (Å²) >= 11 is 6.37. The number of methoxy groups -OCH3 is 1. The van der Waals surface area contributed by atoms with E-state index in [9.17, 15) is 18.0 Å². The van der Waals surface area contributed by atoms with Gasteiger partial charge in [0.25, 0.3) is 10.0 Å². The molecule has 0 saturated heterocycles. The number of benzene rings is 3. The number of anilines is 1. The number of ether oxygens (including phenoxy) is 1. The predicted molar refractivity (Wildman–Crippen MR) is 163 cm³/mol. The average molecular weight is 600 g/mol. The molecule has 0 saturated carbocycles. The van der Waals surface area contributed by atoms with Crippen molar-refractivity contribution in [1.29, 1.82) is 0 Å². The number of aryl methyl sites for hydroxylation is 2. The van der Waals surface area contributed by atoms with Crippen molar-refractivity contribution in [3.05, 3.63) is 88.4 Å². The van der Waals surface area contributed by atoms with Gasteiger partial charge in [0.05, 0.1) is 22.7 Å². The van der Waals surface area contributed by atoms with Crippen LogP contribution < -0.4 is 14.4 Å². The minimum Gasteiger partial charge on any atom is -0.495 e. The van der Waals surface area contributed by atoms with Gasteiger partial charge >= 0.3 is 0 Å². The summed E-state index contributed by atoms with van der Waals surface area (Å²) in [5, 5.41) is 3.11. The number of nitrogens with zero attached hydrogens (tertiary/aromatic N) is 2. The average Bonchev–Trinajstić information content (AvgIpc) is 2.89. The van der Waals surface area contributed by atoms with Crippen LogP contribution in [0.2, 0.25) is 5.02 Å². The first kappa shape index (κ1) is 32.0. The lowest BCUT2D eigenvalue weighted by molar-refractivity contribution is -0.140. The smallest absolute Gasteiger partial charge is 0.264 e. The summed E-state index contributed by atoms with van der Waals surface area (Å²) < 4.78 is 34.2. The molecular weight excluding hydrogens is 562 g/mol. The maximum absolute atomic E-state index is 14.1. The van der Waals surface area contributed by atoms with Crippen molar-refractivity contribution in [1.82, 2.24) is 10.2 Å². The van der Waals surface area contributed by atoms with E-state index in [1.54, 1.807) is 25.1 Å². The van der Waals surface area contributed by atoms with Crippen molar-refractivity contribution in [3.63, 3.8) is 0 Å². The van der Waals surface area contributed by atoms with Crippen molar-refractivity contribution in [2.75, 3.05) is 18.0 Å². The molecule has 0 fully saturated rings. The summed E-state index contributed by atoms with van der Waals surface area (Å²) in [5.41, 5.74) is 2.37. The van der Waals surface area contributed by atoms with E-state index in [4.69, 9.17) is 16.3 Å². The zero-order valence-electron chi connectivity index (χ0n) is 24.6. The van der Waals surface area contributed by atoms with Crippen molar-refractivity contribution in [2.45, 2.75) is 64.6 Å². The molecule has 3 aromatic rings. The number of amides is 2. The Morgan fingerprint density at radius 1 is 0.976 bits per heavy atom. The summed E-state index contributed by atoms with van der Waals surface area (Å²) in [7, 11) is -2.75. The first-order valence-corrected chi connectivity index (χ1v) is 15.0. The Bertz CT molecular complexity index is 1500. The van der Waals surface area contributed by atoms with Crippen molar-refractivity contribution >= 4 is 39.1 Å². The molecule has 0 radical (unpaired) electrons. The summed E-state index contributed by atoms with van der Waals surface area (Å²) in [4.78, 5) is 28.7. The maximum Gasteiger partial charge on any atom is 0.264 e. The molecular formula is C31H38ClN3O5S. The number of carbonyl (C=O) groups excluding carboxylic acids is 2. The fourth-order valence-electron chi connectivity index (χ4n) is 4.24. The van der Waals surface area contributed by atoms with E-state index in [2.05, 4.69) is 5.32 Å². The zero-order chi connectivity index (χ0) is 30.5. The molecule has 1 atom stereocenters. The van der Waals surface area contributed by atoms with E-state index in [-0.39, 0.29) is 28.1 Å².